The fourth-order valence-corrected chi connectivity index (χ4v) is 5.64. The van der Waals surface area contributed by atoms with Gasteiger partial charge in [0.2, 0.25) is 5.91 Å². The summed E-state index contributed by atoms with van der Waals surface area (Å²) in [4.78, 5) is 14.2. The Morgan fingerprint density at radius 3 is 2.71 bits per heavy atom. The number of likely N-dealkylation sites (N-methyl/N-ethyl adjacent to an activating group) is 1. The summed E-state index contributed by atoms with van der Waals surface area (Å²) in [5.41, 5.74) is 3.92. The molecule has 1 spiro atoms. The van der Waals surface area contributed by atoms with Crippen LogP contribution in [-0.4, -0.2) is 60.5 Å². The monoisotopic (exact) mass is 449 g/mol. The molecular weight excluding hydrogens is 410 g/mol. The van der Waals surface area contributed by atoms with Gasteiger partial charge in [0.15, 0.2) is 0 Å². The van der Waals surface area contributed by atoms with Crippen LogP contribution < -0.4 is 10.0 Å². The number of amides is 1. The molecule has 1 heterocycles. The molecule has 0 saturated carbocycles. The summed E-state index contributed by atoms with van der Waals surface area (Å²) in [6.45, 7) is 9.22. The molecule has 0 bridgehead atoms. The summed E-state index contributed by atoms with van der Waals surface area (Å²) in [6, 6.07) is 6.74. The van der Waals surface area contributed by atoms with Crippen molar-refractivity contribution >= 4 is 17.3 Å². The number of hydrogen-bond acceptors (Lipinski definition) is 5. The van der Waals surface area contributed by atoms with E-state index >= 15 is 0 Å². The van der Waals surface area contributed by atoms with Crippen LogP contribution in [0.15, 0.2) is 18.2 Å². The molecule has 1 unspecified atom stereocenters. The first-order chi connectivity index (χ1) is 14.7. The van der Waals surface area contributed by atoms with Crippen LogP contribution in [0, 0.1) is 5.41 Å². The van der Waals surface area contributed by atoms with Gasteiger partial charge < -0.3 is 19.5 Å². The number of carbonyl (C=O) groups excluding carboxylic acids is 1. The molecule has 31 heavy (non-hydrogen) atoms. The third-order valence-corrected chi connectivity index (χ3v) is 8.30. The number of benzene rings is 1. The SMILES string of the molecule is COCCN(C)C(=O)CCc1ccc2c(c1)[C@@H](N[S+]([O-])C(C)(C)C)C1(CCNCC1)C2. The van der Waals surface area contributed by atoms with E-state index in [0.29, 0.717) is 26.0 Å². The van der Waals surface area contributed by atoms with E-state index in [-0.39, 0.29) is 22.1 Å². The Morgan fingerprint density at radius 2 is 2.06 bits per heavy atom. The van der Waals surface area contributed by atoms with Gasteiger partial charge in [0, 0.05) is 43.9 Å². The predicted octanol–water partition coefficient (Wildman–Crippen LogP) is 2.74. The second-order valence-corrected chi connectivity index (χ2v) is 12.1. The molecule has 1 aliphatic carbocycles. The van der Waals surface area contributed by atoms with Gasteiger partial charge in [0.25, 0.3) is 0 Å². The minimum atomic E-state index is -1.13. The summed E-state index contributed by atoms with van der Waals surface area (Å²) in [6.07, 6.45) is 4.40. The van der Waals surface area contributed by atoms with Crippen molar-refractivity contribution in [3.8, 4) is 0 Å². The fraction of sp³-hybridized carbons (Fsp3) is 0.708. The summed E-state index contributed by atoms with van der Waals surface area (Å²) in [5, 5.41) is 3.48. The Morgan fingerprint density at radius 1 is 1.35 bits per heavy atom. The normalized spacial score (nSPS) is 21.2. The van der Waals surface area contributed by atoms with Gasteiger partial charge in [0.05, 0.1) is 12.6 Å². The second-order valence-electron chi connectivity index (χ2n) is 10.1. The van der Waals surface area contributed by atoms with Crippen molar-refractivity contribution < 1.29 is 14.1 Å². The zero-order chi connectivity index (χ0) is 22.6. The number of methoxy groups -OCH3 is 1. The highest BCUT2D eigenvalue weighted by Gasteiger charge is 2.49. The van der Waals surface area contributed by atoms with E-state index in [2.05, 4.69) is 28.2 Å². The van der Waals surface area contributed by atoms with E-state index in [4.69, 9.17) is 4.74 Å². The standard InChI is InChI=1S/C24H39N3O3S/c1-23(2,3)31(29)26-22-20-16-18(7-9-21(28)27(4)14-15-30-5)6-8-19(20)17-24(22)10-12-25-13-11-24/h6,8,16,22,25-26H,7,9-15,17H2,1-5H3/t22-,31?/m1/s1. The third-order valence-electron chi connectivity index (χ3n) is 6.74. The molecule has 1 saturated heterocycles. The maximum absolute atomic E-state index is 13.0. The lowest BCUT2D eigenvalue weighted by Crippen LogP contribution is -2.48. The molecule has 174 valence electrons. The number of rotatable bonds is 8. The Balaban J connectivity index is 1.77. The minimum absolute atomic E-state index is 0.0877. The molecule has 1 amide bonds. The van der Waals surface area contributed by atoms with Crippen molar-refractivity contribution in [3.63, 3.8) is 0 Å². The Kier molecular flexibility index (Phi) is 8.08. The first kappa shape index (κ1) is 24.5. The average molecular weight is 450 g/mol. The molecule has 2 aliphatic rings. The van der Waals surface area contributed by atoms with Crippen molar-refractivity contribution in [1.82, 2.24) is 14.9 Å². The zero-order valence-electron chi connectivity index (χ0n) is 19.8. The van der Waals surface area contributed by atoms with E-state index in [1.54, 1.807) is 12.0 Å². The highest BCUT2D eigenvalue weighted by Crippen LogP contribution is 2.52. The lowest BCUT2D eigenvalue weighted by Gasteiger charge is -2.40. The van der Waals surface area contributed by atoms with E-state index < -0.39 is 11.4 Å². The van der Waals surface area contributed by atoms with Crippen molar-refractivity contribution in [2.45, 2.75) is 63.7 Å². The molecular formula is C24H39N3O3S. The molecule has 6 nitrogen and oxygen atoms in total. The van der Waals surface area contributed by atoms with Gasteiger partial charge in [-0.25, -0.2) is 0 Å². The highest BCUT2D eigenvalue weighted by molar-refractivity contribution is 7.90. The van der Waals surface area contributed by atoms with Crippen LogP contribution in [0.4, 0.5) is 0 Å². The molecule has 1 aromatic rings. The van der Waals surface area contributed by atoms with Crippen molar-refractivity contribution in [2.75, 3.05) is 40.4 Å². The van der Waals surface area contributed by atoms with Gasteiger partial charge in [-0.2, -0.15) is 0 Å². The molecule has 0 radical (unpaired) electrons. The Labute approximate surface area is 190 Å². The van der Waals surface area contributed by atoms with Gasteiger partial charge in [0.1, 0.15) is 4.75 Å². The maximum Gasteiger partial charge on any atom is 0.222 e. The van der Waals surface area contributed by atoms with Gasteiger partial charge >= 0.3 is 0 Å². The molecule has 1 aromatic carbocycles. The molecule has 1 fully saturated rings. The highest BCUT2D eigenvalue weighted by atomic mass is 32.2. The van der Waals surface area contributed by atoms with Gasteiger partial charge in [-0.05, 0) is 76.2 Å². The topological polar surface area (TPSA) is 76.7 Å². The number of aryl methyl sites for hydroxylation is 1. The number of nitrogens with one attached hydrogen (secondary N) is 2. The fourth-order valence-electron chi connectivity index (χ4n) is 4.70. The van der Waals surface area contributed by atoms with Crippen LogP contribution in [0.3, 0.4) is 0 Å². The van der Waals surface area contributed by atoms with Crippen LogP contribution in [0.25, 0.3) is 0 Å². The van der Waals surface area contributed by atoms with Crippen LogP contribution >= 0.6 is 0 Å². The van der Waals surface area contributed by atoms with Crippen LogP contribution in [0.2, 0.25) is 0 Å². The Hall–Kier alpha value is -1.12. The van der Waals surface area contributed by atoms with Crippen LogP contribution in [0.5, 0.6) is 0 Å². The van der Waals surface area contributed by atoms with Crippen LogP contribution in [0.1, 0.15) is 62.8 Å². The maximum atomic E-state index is 13.0. The summed E-state index contributed by atoms with van der Waals surface area (Å²) in [5.74, 6) is 0.135. The quantitative estimate of drug-likeness (QED) is 0.597. The van der Waals surface area contributed by atoms with E-state index in [9.17, 15) is 9.35 Å². The lowest BCUT2D eigenvalue weighted by molar-refractivity contribution is -0.130. The number of ether oxygens (including phenoxy) is 1. The second kappa shape index (κ2) is 10.2. The summed E-state index contributed by atoms with van der Waals surface area (Å²) in [7, 11) is 3.47. The number of nitrogens with zero attached hydrogens (tertiary/aromatic N) is 1. The number of fused-ring (bicyclic) bond motifs is 1. The van der Waals surface area contributed by atoms with Crippen molar-refractivity contribution in [2.24, 2.45) is 5.41 Å². The van der Waals surface area contributed by atoms with Gasteiger partial charge in [-0.3, -0.25) is 4.79 Å². The molecule has 3 rings (SSSR count). The minimum Gasteiger partial charge on any atom is -0.598 e. The molecule has 7 heteroatoms. The van der Waals surface area contributed by atoms with Crippen LogP contribution in [-0.2, 0) is 33.7 Å². The van der Waals surface area contributed by atoms with Gasteiger partial charge in [-0.15, -0.1) is 4.72 Å². The Bertz CT molecular complexity index is 759. The average Bonchev–Trinajstić information content (AvgIpc) is 3.01. The number of piperidine rings is 1. The smallest absolute Gasteiger partial charge is 0.222 e. The largest absolute Gasteiger partial charge is 0.598 e. The van der Waals surface area contributed by atoms with E-state index in [0.717, 1.165) is 32.4 Å². The summed E-state index contributed by atoms with van der Waals surface area (Å²) < 4.78 is 21.3. The molecule has 0 aromatic heterocycles. The first-order valence-electron chi connectivity index (χ1n) is 11.4. The molecule has 2 N–H and O–H groups in total. The van der Waals surface area contributed by atoms with Gasteiger partial charge in [-0.1, -0.05) is 18.2 Å². The van der Waals surface area contributed by atoms with Crippen molar-refractivity contribution in [1.29, 1.82) is 0 Å². The third kappa shape index (κ3) is 5.82. The zero-order valence-corrected chi connectivity index (χ0v) is 20.6. The number of carbonyl (C=O) groups is 1. The number of hydrogen-bond donors (Lipinski definition) is 2. The lowest BCUT2D eigenvalue weighted by atomic mass is 9.73. The molecule has 1 aliphatic heterocycles. The van der Waals surface area contributed by atoms with Crippen molar-refractivity contribution in [3.05, 3.63) is 34.9 Å². The first-order valence-corrected chi connectivity index (χ1v) is 12.5. The molecule has 2 atom stereocenters. The predicted molar refractivity (Wildman–Crippen MR) is 126 cm³/mol. The summed E-state index contributed by atoms with van der Waals surface area (Å²) >= 11 is -1.13. The van der Waals surface area contributed by atoms with E-state index in [1.807, 2.05) is 27.8 Å². The van der Waals surface area contributed by atoms with E-state index in [1.165, 1.54) is 16.7 Å².